The Hall–Kier alpha value is -0.770. The maximum absolute atomic E-state index is 11.1. The van der Waals surface area contributed by atoms with Gasteiger partial charge in [-0.1, -0.05) is 0 Å². The first-order chi connectivity index (χ1) is 6.69. The second-order valence-corrected chi connectivity index (χ2v) is 4.88. The first-order valence-corrected chi connectivity index (χ1v) is 5.37. The summed E-state index contributed by atoms with van der Waals surface area (Å²) in [6, 6.07) is 1.25. The van der Waals surface area contributed by atoms with Crippen molar-refractivity contribution in [3.05, 3.63) is 0 Å². The highest BCUT2D eigenvalue weighted by Crippen LogP contribution is 2.42. The monoisotopic (exact) mass is 196 g/mol. The molecule has 3 saturated heterocycles. The van der Waals surface area contributed by atoms with Crippen LogP contribution in [0.3, 0.4) is 0 Å². The molecule has 1 spiro atoms. The van der Waals surface area contributed by atoms with Crippen LogP contribution in [-0.2, 0) is 4.74 Å². The number of rotatable bonds is 0. The van der Waals surface area contributed by atoms with Crippen molar-refractivity contribution in [2.75, 3.05) is 13.6 Å². The number of hydrogen-bond donors (Lipinski definition) is 1. The maximum atomic E-state index is 11.1. The van der Waals surface area contributed by atoms with E-state index in [-0.39, 0.29) is 11.7 Å². The summed E-state index contributed by atoms with van der Waals surface area (Å²) in [4.78, 5) is 13.5. The van der Waals surface area contributed by atoms with Gasteiger partial charge in [0.1, 0.15) is 5.60 Å². The summed E-state index contributed by atoms with van der Waals surface area (Å²) in [6.45, 7) is 0.715. The maximum Gasteiger partial charge on any atom is 0.407 e. The Bertz CT molecular complexity index is 265. The Kier molecular flexibility index (Phi) is 1.60. The molecule has 1 unspecified atom stereocenters. The zero-order valence-corrected chi connectivity index (χ0v) is 8.45. The lowest BCUT2D eigenvalue weighted by molar-refractivity contribution is -0.0222. The number of hydrogen-bond acceptors (Lipinski definition) is 3. The van der Waals surface area contributed by atoms with E-state index >= 15 is 0 Å². The topological polar surface area (TPSA) is 41.6 Å². The van der Waals surface area contributed by atoms with E-state index in [1.807, 2.05) is 0 Å². The first kappa shape index (κ1) is 8.53. The van der Waals surface area contributed by atoms with E-state index in [1.54, 1.807) is 0 Å². The summed E-state index contributed by atoms with van der Waals surface area (Å²) in [5.74, 6) is 0. The van der Waals surface area contributed by atoms with Gasteiger partial charge in [0.25, 0.3) is 0 Å². The van der Waals surface area contributed by atoms with Gasteiger partial charge in [0.15, 0.2) is 0 Å². The molecule has 78 valence electrons. The molecule has 3 rings (SSSR count). The SMILES string of the molecule is CN1C2CC[C@@H]1C[C@@]1(CNC(=O)O1)C2. The van der Waals surface area contributed by atoms with Crippen LogP contribution in [0.15, 0.2) is 0 Å². The molecule has 4 nitrogen and oxygen atoms in total. The third kappa shape index (κ3) is 1.06. The van der Waals surface area contributed by atoms with Crippen molar-refractivity contribution in [3.8, 4) is 0 Å². The van der Waals surface area contributed by atoms with Gasteiger partial charge in [-0.05, 0) is 19.9 Å². The van der Waals surface area contributed by atoms with Crippen LogP contribution < -0.4 is 5.32 Å². The van der Waals surface area contributed by atoms with Gasteiger partial charge in [-0.25, -0.2) is 4.79 Å². The normalized spacial score (nSPS) is 46.8. The molecule has 3 heterocycles. The molecule has 2 bridgehead atoms. The lowest BCUT2D eigenvalue weighted by Crippen LogP contribution is -2.51. The Labute approximate surface area is 83.6 Å². The quantitative estimate of drug-likeness (QED) is 0.620. The molecule has 14 heavy (non-hydrogen) atoms. The van der Waals surface area contributed by atoms with E-state index in [2.05, 4.69) is 17.3 Å². The summed E-state index contributed by atoms with van der Waals surface area (Å²) in [5.41, 5.74) is -0.171. The highest BCUT2D eigenvalue weighted by Gasteiger charge is 2.51. The second-order valence-electron chi connectivity index (χ2n) is 4.88. The number of alkyl carbamates (subject to hydrolysis) is 1. The van der Waals surface area contributed by atoms with Gasteiger partial charge < -0.3 is 15.0 Å². The van der Waals surface area contributed by atoms with E-state index in [0.717, 1.165) is 12.8 Å². The summed E-state index contributed by atoms with van der Waals surface area (Å²) in [7, 11) is 2.19. The molecule has 3 aliphatic heterocycles. The Morgan fingerprint density at radius 1 is 1.43 bits per heavy atom. The number of ether oxygens (including phenoxy) is 1. The van der Waals surface area contributed by atoms with Gasteiger partial charge in [0, 0.05) is 24.9 Å². The van der Waals surface area contributed by atoms with E-state index in [9.17, 15) is 4.79 Å². The number of carbonyl (C=O) groups is 1. The average Bonchev–Trinajstić information content (AvgIpc) is 2.58. The van der Waals surface area contributed by atoms with Gasteiger partial charge in [-0.15, -0.1) is 0 Å². The van der Waals surface area contributed by atoms with E-state index in [1.165, 1.54) is 12.8 Å². The van der Waals surface area contributed by atoms with Crippen LogP contribution >= 0.6 is 0 Å². The van der Waals surface area contributed by atoms with E-state index in [0.29, 0.717) is 18.6 Å². The van der Waals surface area contributed by atoms with Gasteiger partial charge in [0.2, 0.25) is 0 Å². The third-order valence-electron chi connectivity index (χ3n) is 4.06. The molecule has 0 aliphatic carbocycles. The summed E-state index contributed by atoms with van der Waals surface area (Å²) in [5, 5.41) is 2.78. The van der Waals surface area contributed by atoms with Crippen LogP contribution in [0, 0.1) is 0 Å². The zero-order chi connectivity index (χ0) is 9.76. The molecule has 0 saturated carbocycles. The molecular weight excluding hydrogens is 180 g/mol. The molecule has 0 aromatic carbocycles. The lowest BCUT2D eigenvalue weighted by atomic mass is 9.86. The highest BCUT2D eigenvalue weighted by atomic mass is 16.6. The van der Waals surface area contributed by atoms with Crippen molar-refractivity contribution in [2.24, 2.45) is 0 Å². The van der Waals surface area contributed by atoms with Gasteiger partial charge in [0.05, 0.1) is 6.54 Å². The molecule has 1 amide bonds. The van der Waals surface area contributed by atoms with Gasteiger partial charge in [-0.2, -0.15) is 0 Å². The Balaban J connectivity index is 1.82. The minimum atomic E-state index is -0.228. The van der Waals surface area contributed by atoms with Crippen molar-refractivity contribution in [1.82, 2.24) is 10.2 Å². The number of piperidine rings is 1. The highest BCUT2D eigenvalue weighted by molar-refractivity contribution is 5.70. The summed E-state index contributed by atoms with van der Waals surface area (Å²) >= 11 is 0. The Morgan fingerprint density at radius 2 is 2.07 bits per heavy atom. The van der Waals surface area contributed by atoms with Crippen LogP contribution in [0.5, 0.6) is 0 Å². The molecule has 3 aliphatic rings. The minimum absolute atomic E-state index is 0.171. The van der Waals surface area contributed by atoms with Crippen LogP contribution in [0.4, 0.5) is 4.79 Å². The van der Waals surface area contributed by atoms with Crippen molar-refractivity contribution < 1.29 is 9.53 Å². The number of amides is 1. The molecule has 0 aromatic heterocycles. The predicted molar refractivity (Wildman–Crippen MR) is 51.0 cm³/mol. The minimum Gasteiger partial charge on any atom is -0.441 e. The molecule has 0 aromatic rings. The van der Waals surface area contributed by atoms with Crippen molar-refractivity contribution in [3.63, 3.8) is 0 Å². The number of carbonyl (C=O) groups excluding carboxylic acids is 1. The largest absolute Gasteiger partial charge is 0.441 e. The molecule has 4 heteroatoms. The predicted octanol–water partition coefficient (Wildman–Crippen LogP) is 0.722. The second kappa shape index (κ2) is 2.63. The molecule has 1 N–H and O–H groups in total. The van der Waals surface area contributed by atoms with Crippen LogP contribution in [0.2, 0.25) is 0 Å². The number of nitrogens with zero attached hydrogens (tertiary/aromatic N) is 1. The fourth-order valence-electron chi connectivity index (χ4n) is 3.25. The van der Waals surface area contributed by atoms with Crippen LogP contribution in [0.1, 0.15) is 25.7 Å². The zero-order valence-electron chi connectivity index (χ0n) is 8.45. The lowest BCUT2D eigenvalue weighted by Gasteiger charge is -2.41. The van der Waals surface area contributed by atoms with Gasteiger partial charge in [-0.3, -0.25) is 0 Å². The van der Waals surface area contributed by atoms with Crippen molar-refractivity contribution >= 4 is 6.09 Å². The summed E-state index contributed by atoms with van der Waals surface area (Å²) in [6.07, 6.45) is 4.33. The number of fused-ring (bicyclic) bond motifs is 2. The first-order valence-electron chi connectivity index (χ1n) is 5.37. The molecule has 3 fully saturated rings. The smallest absolute Gasteiger partial charge is 0.407 e. The summed E-state index contributed by atoms with van der Waals surface area (Å²) < 4.78 is 5.44. The van der Waals surface area contributed by atoms with Crippen LogP contribution in [0.25, 0.3) is 0 Å². The van der Waals surface area contributed by atoms with Crippen molar-refractivity contribution in [2.45, 2.75) is 43.4 Å². The van der Waals surface area contributed by atoms with E-state index < -0.39 is 0 Å². The fraction of sp³-hybridized carbons (Fsp3) is 0.900. The standard InChI is InChI=1S/C10H16N2O2/c1-12-7-2-3-8(12)5-10(4-7)6-11-9(13)14-10/h7-8H,2-6H2,1H3,(H,11,13)/t7-,8?,10+/m1/s1. The Morgan fingerprint density at radius 3 is 2.57 bits per heavy atom. The molecular formula is C10H16N2O2. The van der Waals surface area contributed by atoms with Crippen molar-refractivity contribution in [1.29, 1.82) is 0 Å². The third-order valence-corrected chi connectivity index (χ3v) is 4.06. The van der Waals surface area contributed by atoms with Gasteiger partial charge >= 0.3 is 6.09 Å². The van der Waals surface area contributed by atoms with Crippen LogP contribution in [-0.4, -0.2) is 42.3 Å². The molecule has 0 radical (unpaired) electrons. The molecule has 3 atom stereocenters. The van der Waals surface area contributed by atoms with E-state index in [4.69, 9.17) is 4.74 Å². The number of nitrogens with one attached hydrogen (secondary N) is 1. The fourth-order valence-corrected chi connectivity index (χ4v) is 3.25. The average molecular weight is 196 g/mol.